The van der Waals surface area contributed by atoms with Gasteiger partial charge >= 0.3 is 35.8 Å². The molecule has 0 saturated carbocycles. The lowest BCUT2D eigenvalue weighted by atomic mass is 9.92. The van der Waals surface area contributed by atoms with Crippen molar-refractivity contribution < 1.29 is 154 Å². The number of aromatic hydroxyl groups is 17. The molecule has 0 amide bonds. The SMILES string of the molecule is O=C(O)c1cc(O)c(O)c(Oc2c(C(=O)O[C@H]3[C@H](OC(=O)c4cc(O)c(O)c(O)c4)O[C@@H]4COC(=O)c5cc(O)c(O)c(O)c5-c5c(cc(O)c(O)c5O)C(=O)O[C@H]4[C@@H]3OC(=O)c3cc(O)c(O)c(O)c3)cc(O)c(O)c2O)c1. The van der Waals surface area contributed by atoms with E-state index in [2.05, 4.69) is 0 Å². The molecule has 2 aliphatic heterocycles. The maximum atomic E-state index is 14.7. The molecule has 6 aromatic carbocycles. The smallest absolute Gasteiger partial charge is 0.342 e. The molecule has 1 fully saturated rings. The van der Waals surface area contributed by atoms with E-state index in [9.17, 15) is 121 Å². The van der Waals surface area contributed by atoms with Gasteiger partial charge in [0.05, 0.1) is 27.8 Å². The summed E-state index contributed by atoms with van der Waals surface area (Å²) in [5.41, 5.74) is -8.49. The summed E-state index contributed by atoms with van der Waals surface area (Å²) in [7, 11) is 0. The maximum Gasteiger partial charge on any atom is 0.342 e. The van der Waals surface area contributed by atoms with Crippen LogP contribution in [0, 0.1) is 0 Å². The number of fused-ring (bicyclic) bond motifs is 4. The van der Waals surface area contributed by atoms with Crippen LogP contribution in [-0.2, 0) is 28.4 Å². The summed E-state index contributed by atoms with van der Waals surface area (Å²) in [6.45, 7) is -1.38. The van der Waals surface area contributed by atoms with Crippen LogP contribution in [0.1, 0.15) is 62.1 Å². The van der Waals surface area contributed by atoms with Gasteiger partial charge in [-0.15, -0.1) is 0 Å². The summed E-state index contributed by atoms with van der Waals surface area (Å²) in [6, 6.07) is 3.96. The zero-order chi connectivity index (χ0) is 58.0. The molecule has 0 unspecified atom stereocenters. The number of phenolic OH excluding ortho intramolecular Hbond substituents is 17. The van der Waals surface area contributed by atoms with Crippen molar-refractivity contribution in [1.82, 2.24) is 0 Å². The largest absolute Gasteiger partial charge is 0.504 e. The van der Waals surface area contributed by atoms with Crippen LogP contribution in [0.3, 0.4) is 0 Å². The van der Waals surface area contributed by atoms with Crippen LogP contribution in [-0.4, -0.2) is 165 Å². The first-order valence-electron chi connectivity index (χ1n) is 21.6. The van der Waals surface area contributed by atoms with E-state index in [-0.39, 0.29) is 6.07 Å². The van der Waals surface area contributed by atoms with Crippen LogP contribution < -0.4 is 4.74 Å². The number of carbonyl (C=O) groups is 6. The molecular weight excluding hydrogens is 1070 g/mol. The summed E-state index contributed by atoms with van der Waals surface area (Å²) in [6.07, 6.45) is -13.3. The summed E-state index contributed by atoms with van der Waals surface area (Å²) in [5.74, 6) is -36.0. The van der Waals surface area contributed by atoms with Crippen LogP contribution in [0.2, 0.25) is 0 Å². The number of carboxylic acids is 1. The molecule has 2 aliphatic rings. The van der Waals surface area contributed by atoms with Crippen LogP contribution >= 0.6 is 0 Å². The molecule has 79 heavy (non-hydrogen) atoms. The van der Waals surface area contributed by atoms with Gasteiger partial charge in [-0.05, 0) is 48.5 Å². The van der Waals surface area contributed by atoms with Crippen molar-refractivity contribution in [1.29, 1.82) is 0 Å². The lowest BCUT2D eigenvalue weighted by molar-refractivity contribution is -0.282. The molecule has 8 rings (SSSR count). The lowest BCUT2D eigenvalue weighted by Crippen LogP contribution is -2.63. The number of rotatable bonds is 9. The van der Waals surface area contributed by atoms with E-state index in [4.69, 9.17) is 33.2 Å². The highest BCUT2D eigenvalue weighted by Crippen LogP contribution is 2.54. The number of carboxylic acid groups (broad SMARTS) is 1. The molecule has 0 spiro atoms. The molecule has 31 nitrogen and oxygen atoms in total. The van der Waals surface area contributed by atoms with Crippen molar-refractivity contribution in [3.63, 3.8) is 0 Å². The van der Waals surface area contributed by atoms with Gasteiger partial charge < -0.3 is 125 Å². The van der Waals surface area contributed by atoms with Crippen molar-refractivity contribution in [3.05, 3.63) is 88.0 Å². The third-order valence-electron chi connectivity index (χ3n) is 11.7. The minimum Gasteiger partial charge on any atom is -0.504 e. The Labute approximate surface area is 434 Å². The molecule has 5 atom stereocenters. The fraction of sp³-hybridized carbons (Fsp3) is 0.125. The Morgan fingerprint density at radius 3 is 1.39 bits per heavy atom. The predicted octanol–water partition coefficient (Wildman–Crippen LogP) is 2.57. The Balaban J connectivity index is 1.35. The Bertz CT molecular complexity index is 3580. The Morgan fingerprint density at radius 1 is 0.443 bits per heavy atom. The first-order valence-corrected chi connectivity index (χ1v) is 21.6. The first kappa shape index (κ1) is 53.8. The monoisotopic (exact) mass is 1110 g/mol. The molecule has 0 radical (unpaired) electrons. The van der Waals surface area contributed by atoms with Gasteiger partial charge in [0, 0.05) is 17.2 Å². The van der Waals surface area contributed by atoms with Crippen LogP contribution in [0.5, 0.6) is 109 Å². The number of ether oxygens (including phenoxy) is 7. The highest BCUT2D eigenvalue weighted by atomic mass is 16.7. The van der Waals surface area contributed by atoms with Gasteiger partial charge in [0.1, 0.15) is 18.3 Å². The number of benzene rings is 6. The van der Waals surface area contributed by atoms with Crippen molar-refractivity contribution >= 4 is 35.8 Å². The molecule has 1 saturated heterocycles. The normalized spacial score (nSPS) is 17.7. The Morgan fingerprint density at radius 2 is 0.873 bits per heavy atom. The standard InChI is InChI=1S/C48H34O31/c49-17-2-12(3-18(50)29(17)57)43(68)77-40-39-26(10-73-45(70)14-7-22(54)32(60)35(63)27(14)28-15(46(71)76-39)8-23(55)33(61)36(28)64)75-48(79-44(69)13-4-19(51)30(58)20(52)5-13)41(40)78-47(72)16-9-24(56)34(62)37(65)38(16)74-25-6-11(42(66)67)1-21(53)31(25)59/h1-9,26,39-41,48-65H,10H2,(H,66,67)/t26-,39-,40+,41-,48+/m1/s1. The van der Waals surface area contributed by atoms with Gasteiger partial charge in [-0.1, -0.05) is 0 Å². The van der Waals surface area contributed by atoms with Crippen molar-refractivity contribution in [3.8, 4) is 120 Å². The van der Waals surface area contributed by atoms with Gasteiger partial charge in [-0.3, -0.25) is 0 Å². The fourth-order valence-electron chi connectivity index (χ4n) is 7.83. The number of hydrogen-bond donors (Lipinski definition) is 18. The van der Waals surface area contributed by atoms with E-state index in [1.807, 2.05) is 0 Å². The number of hydrogen-bond acceptors (Lipinski definition) is 30. The van der Waals surface area contributed by atoms with Crippen LogP contribution in [0.15, 0.2) is 54.6 Å². The van der Waals surface area contributed by atoms with Gasteiger partial charge in [0.25, 0.3) is 0 Å². The Hall–Kier alpha value is -11.5. The van der Waals surface area contributed by atoms with E-state index < -0.39 is 227 Å². The highest BCUT2D eigenvalue weighted by molar-refractivity contribution is 6.08. The molecule has 412 valence electrons. The second-order valence-electron chi connectivity index (χ2n) is 16.6. The summed E-state index contributed by atoms with van der Waals surface area (Å²) >= 11 is 0. The second kappa shape index (κ2) is 20.0. The topological polar surface area (TPSA) is 531 Å². The quantitative estimate of drug-likeness (QED) is 0.0562. The van der Waals surface area contributed by atoms with E-state index in [0.717, 1.165) is 0 Å². The number of phenols is 17. The minimum atomic E-state index is -2.83. The second-order valence-corrected chi connectivity index (χ2v) is 16.6. The summed E-state index contributed by atoms with van der Waals surface area (Å²) in [4.78, 5) is 83.4. The number of carbonyl (C=O) groups excluding carboxylic acids is 5. The fourth-order valence-corrected chi connectivity index (χ4v) is 7.83. The van der Waals surface area contributed by atoms with Gasteiger partial charge in [0.15, 0.2) is 92.7 Å². The van der Waals surface area contributed by atoms with Crippen molar-refractivity contribution in [2.45, 2.75) is 30.7 Å². The van der Waals surface area contributed by atoms with E-state index >= 15 is 0 Å². The number of aromatic carboxylic acids is 1. The van der Waals surface area contributed by atoms with E-state index in [1.165, 1.54) is 0 Å². The van der Waals surface area contributed by atoms with E-state index in [0.29, 0.717) is 48.5 Å². The average molecular weight is 1110 g/mol. The minimum absolute atomic E-state index is 0.267. The van der Waals surface area contributed by atoms with Crippen molar-refractivity contribution in [2.75, 3.05) is 6.61 Å². The van der Waals surface area contributed by atoms with Crippen LogP contribution in [0.25, 0.3) is 11.1 Å². The predicted molar refractivity (Wildman–Crippen MR) is 245 cm³/mol. The van der Waals surface area contributed by atoms with Crippen molar-refractivity contribution in [2.24, 2.45) is 0 Å². The average Bonchev–Trinajstić information content (AvgIpc) is 3.43. The Kier molecular flexibility index (Phi) is 13.6. The molecule has 0 aromatic heterocycles. The van der Waals surface area contributed by atoms with Gasteiger partial charge in [-0.25, -0.2) is 28.8 Å². The number of esters is 5. The third kappa shape index (κ3) is 9.63. The zero-order valence-electron chi connectivity index (χ0n) is 38.6. The van der Waals surface area contributed by atoms with Gasteiger partial charge in [0.2, 0.25) is 41.1 Å². The molecule has 31 heteroatoms. The lowest BCUT2D eigenvalue weighted by Gasteiger charge is -2.43. The highest BCUT2D eigenvalue weighted by Gasteiger charge is 2.55. The molecule has 0 aliphatic carbocycles. The molecule has 0 bridgehead atoms. The van der Waals surface area contributed by atoms with Gasteiger partial charge in [-0.2, -0.15) is 0 Å². The molecule has 6 aromatic rings. The molecular formula is C48H34O31. The summed E-state index contributed by atoms with van der Waals surface area (Å²) < 4.78 is 39.1. The third-order valence-corrected chi connectivity index (χ3v) is 11.7. The number of cyclic esters (lactones) is 1. The van der Waals surface area contributed by atoms with Crippen LogP contribution in [0.4, 0.5) is 0 Å². The summed E-state index contributed by atoms with van der Waals surface area (Å²) in [5, 5.41) is 188. The van der Waals surface area contributed by atoms with E-state index in [1.54, 1.807) is 0 Å². The first-order chi connectivity index (χ1) is 37.1. The molecule has 2 heterocycles. The zero-order valence-corrected chi connectivity index (χ0v) is 38.6. The molecule has 18 N–H and O–H groups in total. The maximum absolute atomic E-state index is 14.7.